The first kappa shape index (κ1) is 15.8. The molecule has 1 atom stereocenters. The summed E-state index contributed by atoms with van der Waals surface area (Å²) in [4.78, 5) is 32.7. The number of aromatic nitrogens is 1. The van der Waals surface area contributed by atoms with Crippen LogP contribution in [0.1, 0.15) is 23.6 Å². The molecule has 2 N–H and O–H groups in total. The van der Waals surface area contributed by atoms with Crippen LogP contribution in [0.25, 0.3) is 0 Å². The highest BCUT2D eigenvalue weighted by Crippen LogP contribution is 2.47. The second-order valence-electron chi connectivity index (χ2n) is 6.78. The highest BCUT2D eigenvalue weighted by atomic mass is 16.3. The maximum Gasteiger partial charge on any atom is 0.239 e. The van der Waals surface area contributed by atoms with Gasteiger partial charge in [-0.3, -0.25) is 14.5 Å². The molecule has 2 aliphatic heterocycles. The average molecular weight is 340 g/mol. The number of amides is 2. The standard InChI is InChI=1S/C18H20N4O3/c1-12-20-13(10-25-12)8-21-7-6-18(11-21)14-4-2-3-5-15(14)22(17(18)24)9-16(19)23/h2-5,10H,6-9,11H2,1H3,(H2,19,23). The molecule has 7 heteroatoms. The molecule has 7 nitrogen and oxygen atoms in total. The molecule has 0 bridgehead atoms. The van der Waals surface area contributed by atoms with E-state index in [2.05, 4.69) is 9.88 Å². The zero-order valence-electron chi connectivity index (χ0n) is 14.1. The van der Waals surface area contributed by atoms with Crippen molar-refractivity contribution in [1.29, 1.82) is 0 Å². The van der Waals surface area contributed by atoms with Gasteiger partial charge in [0.2, 0.25) is 11.8 Å². The van der Waals surface area contributed by atoms with Crippen molar-refractivity contribution >= 4 is 17.5 Å². The van der Waals surface area contributed by atoms with Gasteiger partial charge < -0.3 is 15.1 Å². The highest BCUT2D eigenvalue weighted by Gasteiger charge is 2.54. The summed E-state index contributed by atoms with van der Waals surface area (Å²) in [5.74, 6) is 0.0956. The van der Waals surface area contributed by atoms with Crippen LogP contribution in [-0.2, 0) is 21.5 Å². The summed E-state index contributed by atoms with van der Waals surface area (Å²) >= 11 is 0. The number of anilines is 1. The summed E-state index contributed by atoms with van der Waals surface area (Å²) in [5, 5.41) is 0. The number of carbonyl (C=O) groups excluding carboxylic acids is 2. The number of fused-ring (bicyclic) bond motifs is 2. The Hall–Kier alpha value is -2.67. The van der Waals surface area contributed by atoms with E-state index < -0.39 is 11.3 Å². The zero-order valence-corrected chi connectivity index (χ0v) is 14.1. The Morgan fingerprint density at radius 3 is 2.92 bits per heavy atom. The maximum atomic E-state index is 13.2. The van der Waals surface area contributed by atoms with Crippen LogP contribution in [0.4, 0.5) is 5.69 Å². The minimum Gasteiger partial charge on any atom is -0.449 e. The van der Waals surface area contributed by atoms with E-state index >= 15 is 0 Å². The molecule has 1 spiro atoms. The molecule has 130 valence electrons. The molecular formula is C18H20N4O3. The van der Waals surface area contributed by atoms with Crippen molar-refractivity contribution in [3.63, 3.8) is 0 Å². The van der Waals surface area contributed by atoms with E-state index in [1.165, 1.54) is 4.90 Å². The first-order valence-corrected chi connectivity index (χ1v) is 8.33. The lowest BCUT2D eigenvalue weighted by molar-refractivity contribution is -0.125. The molecule has 25 heavy (non-hydrogen) atoms. The van der Waals surface area contributed by atoms with Crippen LogP contribution in [0.5, 0.6) is 0 Å². The predicted molar refractivity (Wildman–Crippen MR) is 90.8 cm³/mol. The Bertz CT molecular complexity index is 846. The SMILES string of the molecule is Cc1nc(CN2CCC3(C2)C(=O)N(CC(N)=O)c2ccccc23)co1. The van der Waals surface area contributed by atoms with Gasteiger partial charge >= 0.3 is 0 Å². The van der Waals surface area contributed by atoms with E-state index in [1.54, 1.807) is 6.26 Å². The third-order valence-electron chi connectivity index (χ3n) is 5.08. The monoisotopic (exact) mass is 340 g/mol. The Kier molecular flexibility index (Phi) is 3.61. The van der Waals surface area contributed by atoms with Gasteiger partial charge in [0.1, 0.15) is 12.8 Å². The first-order valence-electron chi connectivity index (χ1n) is 8.33. The van der Waals surface area contributed by atoms with Gasteiger partial charge in [-0.15, -0.1) is 0 Å². The topological polar surface area (TPSA) is 92.7 Å². The molecule has 2 aliphatic rings. The van der Waals surface area contributed by atoms with Crippen LogP contribution in [0, 0.1) is 6.92 Å². The number of primary amides is 1. The number of likely N-dealkylation sites (tertiary alicyclic amines) is 1. The molecule has 1 saturated heterocycles. The molecule has 0 radical (unpaired) electrons. The van der Waals surface area contributed by atoms with Gasteiger partial charge in [-0.1, -0.05) is 18.2 Å². The molecule has 1 aromatic heterocycles. The van der Waals surface area contributed by atoms with Crippen molar-refractivity contribution in [3.05, 3.63) is 47.7 Å². The minimum atomic E-state index is -0.606. The minimum absolute atomic E-state index is 0.0358. The fourth-order valence-electron chi connectivity index (χ4n) is 4.04. The van der Waals surface area contributed by atoms with E-state index in [9.17, 15) is 9.59 Å². The number of carbonyl (C=O) groups is 2. The molecule has 1 unspecified atom stereocenters. The Morgan fingerprint density at radius 1 is 1.40 bits per heavy atom. The summed E-state index contributed by atoms with van der Waals surface area (Å²) < 4.78 is 5.27. The van der Waals surface area contributed by atoms with E-state index in [4.69, 9.17) is 10.2 Å². The molecular weight excluding hydrogens is 320 g/mol. The Balaban J connectivity index is 1.63. The number of hydrogen-bond acceptors (Lipinski definition) is 5. The van der Waals surface area contributed by atoms with Crippen LogP contribution >= 0.6 is 0 Å². The number of aryl methyl sites for hydroxylation is 1. The lowest BCUT2D eigenvalue weighted by Gasteiger charge is -2.24. The number of nitrogens with zero attached hydrogens (tertiary/aromatic N) is 3. The normalized spacial score (nSPS) is 22.8. The molecule has 3 heterocycles. The van der Waals surface area contributed by atoms with Crippen molar-refractivity contribution in [2.45, 2.75) is 25.3 Å². The summed E-state index contributed by atoms with van der Waals surface area (Å²) in [6.07, 6.45) is 2.37. The van der Waals surface area contributed by atoms with Crippen molar-refractivity contribution in [3.8, 4) is 0 Å². The maximum absolute atomic E-state index is 13.2. The Morgan fingerprint density at radius 2 is 2.20 bits per heavy atom. The van der Waals surface area contributed by atoms with Gasteiger partial charge in [-0.05, 0) is 18.1 Å². The third-order valence-corrected chi connectivity index (χ3v) is 5.08. The van der Waals surface area contributed by atoms with Gasteiger partial charge in [0, 0.05) is 32.2 Å². The second-order valence-corrected chi connectivity index (χ2v) is 6.78. The van der Waals surface area contributed by atoms with E-state index in [1.807, 2.05) is 31.2 Å². The smallest absolute Gasteiger partial charge is 0.239 e. The molecule has 2 aromatic rings. The largest absolute Gasteiger partial charge is 0.449 e. The van der Waals surface area contributed by atoms with Crippen LogP contribution in [0.15, 0.2) is 34.9 Å². The van der Waals surface area contributed by atoms with Gasteiger partial charge in [0.25, 0.3) is 0 Å². The third kappa shape index (κ3) is 2.51. The summed E-state index contributed by atoms with van der Waals surface area (Å²) in [6.45, 7) is 3.76. The van der Waals surface area contributed by atoms with Crippen LogP contribution < -0.4 is 10.6 Å². The summed E-state index contributed by atoms with van der Waals surface area (Å²) in [6, 6.07) is 7.68. The number of benzene rings is 1. The molecule has 0 saturated carbocycles. The van der Waals surface area contributed by atoms with Gasteiger partial charge in [0.05, 0.1) is 11.1 Å². The number of para-hydroxylation sites is 1. The van der Waals surface area contributed by atoms with Crippen LogP contribution in [0.3, 0.4) is 0 Å². The van der Waals surface area contributed by atoms with Crippen molar-refractivity contribution in [2.75, 3.05) is 24.5 Å². The molecule has 4 rings (SSSR count). The van der Waals surface area contributed by atoms with E-state index in [0.29, 0.717) is 19.0 Å². The average Bonchev–Trinajstić information content (AvgIpc) is 3.24. The van der Waals surface area contributed by atoms with Crippen molar-refractivity contribution in [2.24, 2.45) is 5.73 Å². The van der Waals surface area contributed by atoms with Gasteiger partial charge in [-0.2, -0.15) is 0 Å². The highest BCUT2D eigenvalue weighted by molar-refractivity contribution is 6.11. The van der Waals surface area contributed by atoms with E-state index in [0.717, 1.165) is 29.9 Å². The fourth-order valence-corrected chi connectivity index (χ4v) is 4.04. The van der Waals surface area contributed by atoms with Crippen LogP contribution in [-0.4, -0.2) is 41.3 Å². The number of oxazole rings is 1. The second kappa shape index (κ2) is 5.70. The molecule has 2 amide bonds. The zero-order chi connectivity index (χ0) is 17.6. The van der Waals surface area contributed by atoms with Crippen molar-refractivity contribution < 1.29 is 14.0 Å². The van der Waals surface area contributed by atoms with E-state index in [-0.39, 0.29) is 12.5 Å². The summed E-state index contributed by atoms with van der Waals surface area (Å²) in [7, 11) is 0. The quantitative estimate of drug-likeness (QED) is 0.895. The number of nitrogens with two attached hydrogens (primary N) is 1. The lowest BCUT2D eigenvalue weighted by Crippen LogP contribution is -2.45. The Labute approximate surface area is 145 Å². The first-order chi connectivity index (χ1) is 12.0. The summed E-state index contributed by atoms with van der Waals surface area (Å²) in [5.41, 5.74) is 7.39. The number of rotatable bonds is 4. The van der Waals surface area contributed by atoms with Crippen LogP contribution in [0.2, 0.25) is 0 Å². The fraction of sp³-hybridized carbons (Fsp3) is 0.389. The van der Waals surface area contributed by atoms with Gasteiger partial charge in [-0.25, -0.2) is 4.98 Å². The lowest BCUT2D eigenvalue weighted by atomic mass is 9.81. The number of hydrogen-bond donors (Lipinski definition) is 1. The van der Waals surface area contributed by atoms with Gasteiger partial charge in [0.15, 0.2) is 5.89 Å². The predicted octanol–water partition coefficient (Wildman–Crippen LogP) is 0.959. The van der Waals surface area contributed by atoms with Crippen molar-refractivity contribution in [1.82, 2.24) is 9.88 Å². The molecule has 1 fully saturated rings. The molecule has 1 aromatic carbocycles. The molecule has 0 aliphatic carbocycles.